The van der Waals surface area contributed by atoms with Gasteiger partial charge in [0.15, 0.2) is 11.5 Å². The van der Waals surface area contributed by atoms with Crippen molar-refractivity contribution in [1.29, 1.82) is 0 Å². The first-order valence-electron chi connectivity index (χ1n) is 9.16. The molecule has 30 heavy (non-hydrogen) atoms. The highest BCUT2D eigenvalue weighted by atomic mass is 16.5. The third kappa shape index (κ3) is 4.69. The van der Waals surface area contributed by atoms with Crippen molar-refractivity contribution >= 4 is 17.5 Å². The normalized spacial score (nSPS) is 10.2. The van der Waals surface area contributed by atoms with Gasteiger partial charge in [0, 0.05) is 29.8 Å². The number of benzene rings is 2. The number of aromatic nitrogens is 2. The van der Waals surface area contributed by atoms with E-state index >= 15 is 0 Å². The number of rotatable bonds is 7. The molecule has 0 atom stereocenters. The second-order valence-electron chi connectivity index (χ2n) is 6.03. The van der Waals surface area contributed by atoms with E-state index in [1.807, 2.05) is 6.92 Å². The number of carbonyl (C=O) groups excluding carboxylic acids is 1. The molecule has 1 heterocycles. The van der Waals surface area contributed by atoms with Crippen LogP contribution in [0.1, 0.15) is 6.92 Å². The fourth-order valence-corrected chi connectivity index (χ4v) is 2.75. The van der Waals surface area contributed by atoms with E-state index in [-0.39, 0.29) is 5.82 Å². The predicted octanol–water partition coefficient (Wildman–Crippen LogP) is 3.29. The molecule has 9 nitrogen and oxygen atoms in total. The molecule has 0 aliphatic carbocycles. The molecule has 2 amide bonds. The van der Waals surface area contributed by atoms with Gasteiger partial charge in [0.1, 0.15) is 5.75 Å². The molecular formula is C21H22N4O5. The van der Waals surface area contributed by atoms with Crippen LogP contribution < -0.4 is 30.4 Å². The number of nitrogens with one attached hydrogen (secondary N) is 2. The summed E-state index contributed by atoms with van der Waals surface area (Å²) in [5.74, 6) is 1.60. The molecule has 1 aromatic heterocycles. The molecular weight excluding hydrogens is 388 g/mol. The van der Waals surface area contributed by atoms with Crippen molar-refractivity contribution in [2.45, 2.75) is 6.92 Å². The zero-order valence-electron chi connectivity index (χ0n) is 16.8. The second kappa shape index (κ2) is 9.46. The quantitative estimate of drug-likeness (QED) is 0.619. The maximum Gasteiger partial charge on any atom is 0.325 e. The number of anilines is 2. The second-order valence-corrected chi connectivity index (χ2v) is 6.03. The number of nitrogens with zero attached hydrogens (tertiary/aromatic N) is 2. The number of carbonyl (C=O) groups is 1. The Kier molecular flexibility index (Phi) is 6.53. The van der Waals surface area contributed by atoms with E-state index in [1.165, 1.54) is 31.2 Å². The standard InChI is InChI=1S/C21H22N4O5/c1-4-30-16-8-6-15(7-9-16)25-12-11-22-19(20(25)26)24-21(27)23-14-5-10-17(28-2)18(13-14)29-3/h5-13H,4H2,1-3H3,(H2,22,23,24,27). The van der Waals surface area contributed by atoms with Gasteiger partial charge in [0.05, 0.1) is 20.8 Å². The minimum Gasteiger partial charge on any atom is -0.494 e. The van der Waals surface area contributed by atoms with Crippen molar-refractivity contribution in [3.63, 3.8) is 0 Å². The fourth-order valence-electron chi connectivity index (χ4n) is 2.75. The third-order valence-corrected chi connectivity index (χ3v) is 4.14. The molecule has 0 saturated carbocycles. The van der Waals surface area contributed by atoms with E-state index in [1.54, 1.807) is 42.5 Å². The fraction of sp³-hybridized carbons (Fsp3) is 0.190. The summed E-state index contributed by atoms with van der Waals surface area (Å²) in [7, 11) is 3.02. The van der Waals surface area contributed by atoms with Gasteiger partial charge in [-0.15, -0.1) is 0 Å². The Morgan fingerprint density at radius 1 is 1.03 bits per heavy atom. The molecule has 9 heteroatoms. The zero-order valence-corrected chi connectivity index (χ0v) is 16.8. The number of hydrogen-bond donors (Lipinski definition) is 2. The summed E-state index contributed by atoms with van der Waals surface area (Å²) in [6, 6.07) is 11.3. The molecule has 0 fully saturated rings. The van der Waals surface area contributed by atoms with Crippen LogP contribution in [-0.4, -0.2) is 36.4 Å². The summed E-state index contributed by atoms with van der Waals surface area (Å²) in [6.07, 6.45) is 2.96. The third-order valence-electron chi connectivity index (χ3n) is 4.14. The summed E-state index contributed by atoms with van der Waals surface area (Å²) in [6.45, 7) is 2.45. The SMILES string of the molecule is CCOc1ccc(-n2ccnc(NC(=O)Nc3ccc(OC)c(OC)c3)c2=O)cc1. The molecule has 0 unspecified atom stereocenters. The number of amides is 2. The van der Waals surface area contributed by atoms with E-state index in [0.717, 1.165) is 0 Å². The van der Waals surface area contributed by atoms with Gasteiger partial charge < -0.3 is 19.5 Å². The molecule has 0 radical (unpaired) electrons. The summed E-state index contributed by atoms with van der Waals surface area (Å²) in [5.41, 5.74) is 0.617. The smallest absolute Gasteiger partial charge is 0.325 e. The molecule has 0 spiro atoms. The van der Waals surface area contributed by atoms with Gasteiger partial charge in [-0.1, -0.05) is 0 Å². The van der Waals surface area contributed by atoms with Gasteiger partial charge in [-0.3, -0.25) is 14.7 Å². The Morgan fingerprint density at radius 3 is 2.43 bits per heavy atom. The van der Waals surface area contributed by atoms with Crippen molar-refractivity contribution < 1.29 is 19.0 Å². The zero-order chi connectivity index (χ0) is 21.5. The van der Waals surface area contributed by atoms with E-state index in [4.69, 9.17) is 14.2 Å². The summed E-state index contributed by atoms with van der Waals surface area (Å²) in [5, 5.41) is 5.11. The van der Waals surface area contributed by atoms with Crippen molar-refractivity contribution in [3.8, 4) is 22.9 Å². The maximum atomic E-state index is 12.7. The minimum atomic E-state index is -0.615. The number of methoxy groups -OCH3 is 2. The average molecular weight is 410 g/mol. The van der Waals surface area contributed by atoms with E-state index in [2.05, 4.69) is 15.6 Å². The van der Waals surface area contributed by atoms with E-state index in [0.29, 0.717) is 35.2 Å². The number of urea groups is 1. The van der Waals surface area contributed by atoms with Crippen LogP contribution in [0.4, 0.5) is 16.3 Å². The van der Waals surface area contributed by atoms with Gasteiger partial charge >= 0.3 is 6.03 Å². The van der Waals surface area contributed by atoms with E-state index < -0.39 is 11.6 Å². The molecule has 0 saturated heterocycles. The Labute approximate surface area is 173 Å². The molecule has 3 rings (SSSR count). The van der Waals surface area contributed by atoms with Crippen LogP contribution in [0.25, 0.3) is 5.69 Å². The van der Waals surface area contributed by atoms with Crippen LogP contribution >= 0.6 is 0 Å². The lowest BCUT2D eigenvalue weighted by Gasteiger charge is -2.12. The average Bonchev–Trinajstić information content (AvgIpc) is 2.76. The molecule has 0 aliphatic rings. The molecule has 2 N–H and O–H groups in total. The van der Waals surface area contributed by atoms with Crippen LogP contribution in [-0.2, 0) is 0 Å². The monoisotopic (exact) mass is 410 g/mol. The lowest BCUT2D eigenvalue weighted by molar-refractivity contribution is 0.262. The Balaban J connectivity index is 1.76. The van der Waals surface area contributed by atoms with Crippen LogP contribution in [0.3, 0.4) is 0 Å². The van der Waals surface area contributed by atoms with Crippen LogP contribution in [0, 0.1) is 0 Å². The van der Waals surface area contributed by atoms with E-state index in [9.17, 15) is 9.59 Å². The number of hydrogen-bond acceptors (Lipinski definition) is 6. The highest BCUT2D eigenvalue weighted by molar-refractivity contribution is 5.99. The summed E-state index contributed by atoms with van der Waals surface area (Å²) in [4.78, 5) is 29.1. The van der Waals surface area contributed by atoms with Gasteiger partial charge in [0.2, 0.25) is 5.82 Å². The highest BCUT2D eigenvalue weighted by Crippen LogP contribution is 2.29. The molecule has 3 aromatic rings. The Bertz CT molecular complexity index is 1080. The first-order valence-corrected chi connectivity index (χ1v) is 9.16. The van der Waals surface area contributed by atoms with Gasteiger partial charge in [0.25, 0.3) is 5.56 Å². The lowest BCUT2D eigenvalue weighted by atomic mass is 10.3. The van der Waals surface area contributed by atoms with Crippen LogP contribution in [0.2, 0.25) is 0 Å². The first kappa shape index (κ1) is 20.7. The van der Waals surface area contributed by atoms with Crippen molar-refractivity contribution in [3.05, 3.63) is 65.2 Å². The molecule has 156 valence electrons. The van der Waals surface area contributed by atoms with Crippen molar-refractivity contribution in [2.75, 3.05) is 31.5 Å². The van der Waals surface area contributed by atoms with Gasteiger partial charge in [-0.05, 0) is 43.3 Å². The Hall–Kier alpha value is -4.01. The summed E-state index contributed by atoms with van der Waals surface area (Å²) >= 11 is 0. The molecule has 0 bridgehead atoms. The van der Waals surface area contributed by atoms with Gasteiger partial charge in [-0.25, -0.2) is 9.78 Å². The first-order chi connectivity index (χ1) is 14.5. The van der Waals surface area contributed by atoms with Crippen LogP contribution in [0.5, 0.6) is 17.2 Å². The number of ether oxygens (including phenoxy) is 3. The minimum absolute atomic E-state index is 0.107. The largest absolute Gasteiger partial charge is 0.494 e. The summed E-state index contributed by atoms with van der Waals surface area (Å²) < 4.78 is 17.2. The predicted molar refractivity (Wildman–Crippen MR) is 113 cm³/mol. The van der Waals surface area contributed by atoms with Crippen molar-refractivity contribution in [1.82, 2.24) is 9.55 Å². The maximum absolute atomic E-state index is 12.7. The topological polar surface area (TPSA) is 104 Å². The Morgan fingerprint density at radius 2 is 1.77 bits per heavy atom. The van der Waals surface area contributed by atoms with Crippen LogP contribution in [0.15, 0.2) is 59.7 Å². The van der Waals surface area contributed by atoms with Gasteiger partial charge in [-0.2, -0.15) is 0 Å². The highest BCUT2D eigenvalue weighted by Gasteiger charge is 2.12. The molecule has 0 aliphatic heterocycles. The van der Waals surface area contributed by atoms with Crippen molar-refractivity contribution in [2.24, 2.45) is 0 Å². The lowest BCUT2D eigenvalue weighted by Crippen LogP contribution is -2.28. The molecule has 2 aromatic carbocycles.